The van der Waals surface area contributed by atoms with Gasteiger partial charge in [-0.25, -0.2) is 25.3 Å². The summed E-state index contributed by atoms with van der Waals surface area (Å²) in [5.41, 5.74) is 0. The maximum Gasteiger partial charge on any atom is 0.272 e. The van der Waals surface area contributed by atoms with Gasteiger partial charge < -0.3 is 0 Å². The normalized spacial score (nSPS) is 13.8. The van der Waals surface area contributed by atoms with Gasteiger partial charge in [0.25, 0.3) is 27.2 Å². The van der Waals surface area contributed by atoms with E-state index in [9.17, 15) is 25.3 Å². The Kier molecular flexibility index (Phi) is 4.63. The van der Waals surface area contributed by atoms with Crippen LogP contribution in [-0.4, -0.2) is 25.3 Å². The third-order valence-electron chi connectivity index (χ3n) is 1.48. The standard InChI is InChI=1S/C4HCl3O6S5/c5-16(8,9)1-2(17(6,10)11)4(15-3(1)14)18(7,12)13/h14H. The van der Waals surface area contributed by atoms with Crippen molar-refractivity contribution in [2.45, 2.75) is 18.2 Å². The van der Waals surface area contributed by atoms with Gasteiger partial charge in [0, 0.05) is 32.0 Å². The van der Waals surface area contributed by atoms with Crippen LogP contribution in [0.25, 0.3) is 0 Å². The van der Waals surface area contributed by atoms with Crippen LogP contribution >= 0.6 is 56.0 Å². The van der Waals surface area contributed by atoms with E-state index in [1.54, 1.807) is 0 Å². The molecule has 1 aromatic heterocycles. The Bertz CT molecular complexity index is 800. The van der Waals surface area contributed by atoms with Crippen molar-refractivity contribution in [2.75, 3.05) is 0 Å². The second kappa shape index (κ2) is 4.95. The Hall–Kier alpha value is 0.770. The van der Waals surface area contributed by atoms with Gasteiger partial charge in [-0.2, -0.15) is 0 Å². The van der Waals surface area contributed by atoms with Crippen molar-refractivity contribution in [3.8, 4) is 0 Å². The molecule has 14 heteroatoms. The zero-order chi connectivity index (χ0) is 14.5. The highest BCUT2D eigenvalue weighted by Crippen LogP contribution is 2.44. The average molecular weight is 412 g/mol. The molecule has 0 unspecified atom stereocenters. The van der Waals surface area contributed by atoms with Crippen LogP contribution in [0.4, 0.5) is 0 Å². The zero-order valence-electron chi connectivity index (χ0n) is 7.66. The summed E-state index contributed by atoms with van der Waals surface area (Å²) in [5.74, 6) is 0. The molecule has 0 atom stereocenters. The highest BCUT2D eigenvalue weighted by Gasteiger charge is 2.37. The third kappa shape index (κ3) is 3.45. The first kappa shape index (κ1) is 16.8. The second-order valence-corrected chi connectivity index (χ2v) is 12.2. The molecule has 0 radical (unpaired) electrons. The van der Waals surface area contributed by atoms with Gasteiger partial charge in [0.15, 0.2) is 4.21 Å². The van der Waals surface area contributed by atoms with Gasteiger partial charge in [0.05, 0.1) is 4.21 Å². The van der Waals surface area contributed by atoms with E-state index in [-0.39, 0.29) is 11.3 Å². The topological polar surface area (TPSA) is 102 Å². The summed E-state index contributed by atoms with van der Waals surface area (Å²) in [6.45, 7) is 0. The molecule has 0 bridgehead atoms. The summed E-state index contributed by atoms with van der Waals surface area (Å²) in [7, 11) is 1.20. The fraction of sp³-hybridized carbons (Fsp3) is 0. The van der Waals surface area contributed by atoms with Gasteiger partial charge in [-0.15, -0.1) is 24.0 Å². The largest absolute Gasteiger partial charge is 0.272 e. The molecule has 0 saturated heterocycles. The van der Waals surface area contributed by atoms with E-state index in [2.05, 4.69) is 12.6 Å². The van der Waals surface area contributed by atoms with Crippen molar-refractivity contribution >= 4 is 83.2 Å². The summed E-state index contributed by atoms with van der Waals surface area (Å²) in [6, 6.07) is 0. The van der Waals surface area contributed by atoms with E-state index in [0.717, 1.165) is 0 Å². The zero-order valence-corrected chi connectivity index (χ0v) is 14.1. The van der Waals surface area contributed by atoms with Crippen LogP contribution in [0.3, 0.4) is 0 Å². The van der Waals surface area contributed by atoms with Crippen molar-refractivity contribution < 1.29 is 25.3 Å². The minimum Gasteiger partial charge on any atom is -0.207 e. The molecule has 0 saturated carbocycles. The van der Waals surface area contributed by atoms with Crippen LogP contribution < -0.4 is 0 Å². The summed E-state index contributed by atoms with van der Waals surface area (Å²) < 4.78 is 65.9. The average Bonchev–Trinajstić information content (AvgIpc) is 2.39. The number of halogens is 3. The fourth-order valence-corrected chi connectivity index (χ4v) is 9.40. The SMILES string of the molecule is O=S(=O)(Cl)c1sc(S)c(S(=O)(=O)Cl)c1S(=O)(=O)Cl. The number of thiol groups is 1. The molecule has 0 aliphatic carbocycles. The van der Waals surface area contributed by atoms with E-state index in [1.165, 1.54) is 0 Å². The van der Waals surface area contributed by atoms with E-state index in [0.29, 0.717) is 0 Å². The van der Waals surface area contributed by atoms with Gasteiger partial charge in [0.1, 0.15) is 9.79 Å². The number of thiophene rings is 1. The highest BCUT2D eigenvalue weighted by molar-refractivity contribution is 8.18. The first-order valence-corrected chi connectivity index (χ1v) is 11.6. The van der Waals surface area contributed by atoms with E-state index >= 15 is 0 Å². The van der Waals surface area contributed by atoms with Crippen molar-refractivity contribution in [3.63, 3.8) is 0 Å². The molecule has 0 N–H and O–H groups in total. The van der Waals surface area contributed by atoms with Crippen LogP contribution in [0.5, 0.6) is 0 Å². The van der Waals surface area contributed by atoms with Gasteiger partial charge >= 0.3 is 0 Å². The summed E-state index contributed by atoms with van der Waals surface area (Å²) in [4.78, 5) is -2.20. The Balaban J connectivity index is 4.07. The van der Waals surface area contributed by atoms with E-state index in [1.807, 2.05) is 0 Å². The molecule has 0 aliphatic rings. The number of hydrogen-bond donors (Lipinski definition) is 1. The quantitative estimate of drug-likeness (QED) is 0.601. The maximum atomic E-state index is 11.3. The third-order valence-corrected chi connectivity index (χ3v) is 8.45. The lowest BCUT2D eigenvalue weighted by Crippen LogP contribution is -2.02. The van der Waals surface area contributed by atoms with Crippen LogP contribution in [0.2, 0.25) is 0 Å². The lowest BCUT2D eigenvalue weighted by Gasteiger charge is -1.99. The van der Waals surface area contributed by atoms with Crippen molar-refractivity contribution in [2.24, 2.45) is 0 Å². The van der Waals surface area contributed by atoms with E-state index < -0.39 is 45.4 Å². The fourth-order valence-electron chi connectivity index (χ4n) is 0.956. The predicted octanol–water partition coefficient (Wildman–Crippen LogP) is 1.82. The molecule has 0 aliphatic heterocycles. The minimum atomic E-state index is -4.70. The molecule has 0 aromatic carbocycles. The summed E-state index contributed by atoms with van der Waals surface area (Å²) in [5, 5.41) is 0. The number of hydrogen-bond acceptors (Lipinski definition) is 8. The van der Waals surface area contributed by atoms with Crippen LogP contribution in [0, 0.1) is 0 Å². The molecule has 0 amide bonds. The van der Waals surface area contributed by atoms with E-state index in [4.69, 9.17) is 32.0 Å². The lowest BCUT2D eigenvalue weighted by atomic mass is 10.6. The second-order valence-electron chi connectivity index (χ2n) is 2.67. The molecule has 18 heavy (non-hydrogen) atoms. The van der Waals surface area contributed by atoms with Crippen molar-refractivity contribution in [1.82, 2.24) is 0 Å². The lowest BCUT2D eigenvalue weighted by molar-refractivity contribution is 0.591. The molecular weight excluding hydrogens is 411 g/mol. The molecule has 1 aromatic rings. The smallest absolute Gasteiger partial charge is 0.207 e. The molecule has 0 fully saturated rings. The minimum absolute atomic E-state index is 0.219. The van der Waals surface area contributed by atoms with Gasteiger partial charge in [-0.1, -0.05) is 0 Å². The number of rotatable bonds is 3. The summed E-state index contributed by atoms with van der Waals surface area (Å²) >= 11 is 3.87. The Morgan fingerprint density at radius 2 is 1.17 bits per heavy atom. The van der Waals surface area contributed by atoms with Crippen LogP contribution in [0.1, 0.15) is 0 Å². The van der Waals surface area contributed by atoms with Crippen molar-refractivity contribution in [1.29, 1.82) is 0 Å². The van der Waals surface area contributed by atoms with Gasteiger partial charge in [-0.05, 0) is 0 Å². The molecule has 1 rings (SSSR count). The first-order chi connectivity index (χ1) is 7.76. The van der Waals surface area contributed by atoms with Gasteiger partial charge in [-0.3, -0.25) is 0 Å². The Labute approximate surface area is 126 Å². The van der Waals surface area contributed by atoms with Crippen LogP contribution in [-0.2, 0) is 27.2 Å². The molecule has 0 spiro atoms. The predicted molar refractivity (Wildman–Crippen MR) is 70.7 cm³/mol. The maximum absolute atomic E-state index is 11.3. The summed E-state index contributed by atoms with van der Waals surface area (Å²) in [6.07, 6.45) is 0. The van der Waals surface area contributed by atoms with Crippen molar-refractivity contribution in [3.05, 3.63) is 0 Å². The molecule has 6 nitrogen and oxygen atoms in total. The Morgan fingerprint density at radius 3 is 1.44 bits per heavy atom. The highest BCUT2D eigenvalue weighted by atomic mass is 35.7. The first-order valence-electron chi connectivity index (χ1n) is 3.46. The van der Waals surface area contributed by atoms with Crippen LogP contribution in [0.15, 0.2) is 18.2 Å². The molecular formula is C4HCl3O6S5. The monoisotopic (exact) mass is 410 g/mol. The van der Waals surface area contributed by atoms with Gasteiger partial charge in [0.2, 0.25) is 0 Å². The molecule has 104 valence electrons. The Morgan fingerprint density at radius 1 is 0.778 bits per heavy atom. The molecule has 1 heterocycles.